The monoisotopic (exact) mass is 393 g/mol. The standard InChI is InChI=1S/C21H15NO7/c23-16(14-5-8-17-19(10-14)29-12-28-17)11-27-21(25)13-3-6-15(7-4-13)22-20(24)18-2-1-9-26-18/h1-10H,11-12H2,(H,22,24). The lowest BCUT2D eigenvalue weighted by Crippen LogP contribution is -2.14. The molecule has 1 aliphatic rings. The van der Waals surface area contributed by atoms with Crippen LogP contribution in [-0.4, -0.2) is 31.1 Å². The molecule has 4 rings (SSSR count). The van der Waals surface area contributed by atoms with Gasteiger partial charge in [0.15, 0.2) is 29.6 Å². The maximum Gasteiger partial charge on any atom is 0.338 e. The number of nitrogens with one attached hydrogen (secondary N) is 1. The van der Waals surface area contributed by atoms with Gasteiger partial charge in [0, 0.05) is 11.3 Å². The number of anilines is 1. The van der Waals surface area contributed by atoms with Gasteiger partial charge in [0.05, 0.1) is 11.8 Å². The van der Waals surface area contributed by atoms with Crippen molar-refractivity contribution in [2.24, 2.45) is 0 Å². The predicted octanol–water partition coefficient (Wildman–Crippen LogP) is 3.30. The predicted molar refractivity (Wildman–Crippen MR) is 100 cm³/mol. The van der Waals surface area contributed by atoms with E-state index in [1.165, 1.54) is 24.5 Å². The molecule has 0 saturated heterocycles. The Morgan fingerprint density at radius 2 is 1.69 bits per heavy atom. The SMILES string of the molecule is O=C(COC(=O)c1ccc(NC(=O)c2ccco2)cc1)c1ccc2c(c1)OCO2. The van der Waals surface area contributed by atoms with Crippen LogP contribution in [0.5, 0.6) is 11.5 Å². The van der Waals surface area contributed by atoms with Crippen molar-refractivity contribution in [1.29, 1.82) is 0 Å². The van der Waals surface area contributed by atoms with Gasteiger partial charge in [-0.1, -0.05) is 0 Å². The molecule has 0 atom stereocenters. The van der Waals surface area contributed by atoms with Gasteiger partial charge in [0.25, 0.3) is 5.91 Å². The molecule has 8 nitrogen and oxygen atoms in total. The normalized spacial score (nSPS) is 11.7. The molecule has 2 heterocycles. The quantitative estimate of drug-likeness (QED) is 0.506. The fourth-order valence-corrected chi connectivity index (χ4v) is 2.66. The number of ketones is 1. The molecule has 0 bridgehead atoms. The van der Waals surface area contributed by atoms with Crippen molar-refractivity contribution in [3.05, 3.63) is 77.7 Å². The summed E-state index contributed by atoms with van der Waals surface area (Å²) in [6.07, 6.45) is 1.40. The molecule has 0 unspecified atom stereocenters. The number of esters is 1. The number of fused-ring (bicyclic) bond motifs is 1. The Hall–Kier alpha value is -4.07. The summed E-state index contributed by atoms with van der Waals surface area (Å²) in [6, 6.07) is 14.0. The Morgan fingerprint density at radius 1 is 0.931 bits per heavy atom. The van der Waals surface area contributed by atoms with Gasteiger partial charge < -0.3 is 23.9 Å². The van der Waals surface area contributed by atoms with E-state index in [0.717, 1.165) is 0 Å². The Bertz CT molecular complexity index is 1060. The van der Waals surface area contributed by atoms with E-state index < -0.39 is 18.5 Å². The summed E-state index contributed by atoms with van der Waals surface area (Å²) < 4.78 is 20.5. The Morgan fingerprint density at radius 3 is 2.45 bits per heavy atom. The minimum absolute atomic E-state index is 0.111. The van der Waals surface area contributed by atoms with Gasteiger partial charge in [-0.2, -0.15) is 0 Å². The van der Waals surface area contributed by atoms with E-state index >= 15 is 0 Å². The maximum absolute atomic E-state index is 12.2. The first-order chi connectivity index (χ1) is 14.1. The Labute approximate surface area is 165 Å². The molecule has 1 aromatic heterocycles. The smallest absolute Gasteiger partial charge is 0.338 e. The molecule has 0 spiro atoms. The van der Waals surface area contributed by atoms with E-state index in [9.17, 15) is 14.4 Å². The second-order valence-electron chi connectivity index (χ2n) is 6.08. The van der Waals surface area contributed by atoms with Crippen molar-refractivity contribution in [3.63, 3.8) is 0 Å². The molecule has 1 N–H and O–H groups in total. The third-order valence-electron chi connectivity index (χ3n) is 4.15. The van der Waals surface area contributed by atoms with E-state index in [1.807, 2.05) is 0 Å². The minimum Gasteiger partial charge on any atom is -0.459 e. The highest BCUT2D eigenvalue weighted by atomic mass is 16.7. The molecule has 1 aliphatic heterocycles. The lowest BCUT2D eigenvalue weighted by atomic mass is 10.1. The first-order valence-electron chi connectivity index (χ1n) is 8.65. The summed E-state index contributed by atoms with van der Waals surface area (Å²) in [4.78, 5) is 36.3. The topological polar surface area (TPSA) is 104 Å². The van der Waals surface area contributed by atoms with Gasteiger partial charge in [0.1, 0.15) is 0 Å². The van der Waals surface area contributed by atoms with Crippen LogP contribution in [-0.2, 0) is 4.74 Å². The fraction of sp³-hybridized carbons (Fsp3) is 0.0952. The molecule has 0 radical (unpaired) electrons. The molecule has 29 heavy (non-hydrogen) atoms. The zero-order valence-electron chi connectivity index (χ0n) is 15.0. The summed E-state index contributed by atoms with van der Waals surface area (Å²) in [5.74, 6) is -0.190. The number of furan rings is 1. The highest BCUT2D eigenvalue weighted by molar-refractivity contribution is 6.03. The average Bonchev–Trinajstić information content (AvgIpc) is 3.43. The summed E-state index contributed by atoms with van der Waals surface area (Å²) in [7, 11) is 0. The van der Waals surface area contributed by atoms with Crippen LogP contribution in [0.15, 0.2) is 65.3 Å². The van der Waals surface area contributed by atoms with Crippen LogP contribution >= 0.6 is 0 Å². The van der Waals surface area contributed by atoms with E-state index in [-0.39, 0.29) is 23.9 Å². The first kappa shape index (κ1) is 18.3. The third-order valence-corrected chi connectivity index (χ3v) is 4.15. The van der Waals surface area contributed by atoms with Crippen LogP contribution in [0.1, 0.15) is 31.3 Å². The summed E-state index contributed by atoms with van der Waals surface area (Å²) in [5.41, 5.74) is 1.09. The molecule has 0 aliphatic carbocycles. The number of amides is 1. The third kappa shape index (κ3) is 4.11. The highest BCUT2D eigenvalue weighted by Crippen LogP contribution is 2.32. The van der Waals surface area contributed by atoms with Crippen molar-refractivity contribution in [2.45, 2.75) is 0 Å². The molecular formula is C21H15NO7. The molecule has 2 aromatic carbocycles. The molecule has 0 fully saturated rings. The molecule has 3 aromatic rings. The van der Waals surface area contributed by atoms with E-state index in [4.69, 9.17) is 18.6 Å². The maximum atomic E-state index is 12.2. The number of hydrogen-bond acceptors (Lipinski definition) is 7. The Balaban J connectivity index is 1.32. The number of benzene rings is 2. The van der Waals surface area contributed by atoms with Gasteiger partial charge in [-0.25, -0.2) is 4.79 Å². The zero-order chi connectivity index (χ0) is 20.2. The van der Waals surface area contributed by atoms with Gasteiger partial charge in [-0.3, -0.25) is 9.59 Å². The zero-order valence-corrected chi connectivity index (χ0v) is 15.0. The van der Waals surface area contributed by atoms with Crippen LogP contribution in [0.3, 0.4) is 0 Å². The van der Waals surface area contributed by atoms with Crippen molar-refractivity contribution < 1.29 is 33.0 Å². The molecule has 0 saturated carbocycles. The van der Waals surface area contributed by atoms with Crippen LogP contribution in [0.25, 0.3) is 0 Å². The minimum atomic E-state index is -0.650. The van der Waals surface area contributed by atoms with Crippen LogP contribution in [0, 0.1) is 0 Å². The first-order valence-corrected chi connectivity index (χ1v) is 8.65. The highest BCUT2D eigenvalue weighted by Gasteiger charge is 2.18. The Kier molecular flexibility index (Phi) is 4.98. The summed E-state index contributed by atoms with van der Waals surface area (Å²) in [6.45, 7) is -0.296. The second-order valence-corrected chi connectivity index (χ2v) is 6.08. The number of Topliss-reactive ketones (excluding diaryl/α,β-unsaturated/α-hetero) is 1. The number of carbonyl (C=O) groups is 3. The van der Waals surface area contributed by atoms with Gasteiger partial charge in [-0.15, -0.1) is 0 Å². The average molecular weight is 393 g/mol. The largest absolute Gasteiger partial charge is 0.459 e. The van der Waals surface area contributed by atoms with Gasteiger partial charge in [0.2, 0.25) is 6.79 Å². The molecule has 8 heteroatoms. The summed E-state index contributed by atoms with van der Waals surface area (Å²) in [5, 5.41) is 2.64. The molecule has 1 amide bonds. The van der Waals surface area contributed by atoms with Crippen molar-refractivity contribution in [3.8, 4) is 11.5 Å². The van der Waals surface area contributed by atoms with E-state index in [1.54, 1.807) is 36.4 Å². The number of hydrogen-bond donors (Lipinski definition) is 1. The number of ether oxygens (including phenoxy) is 3. The van der Waals surface area contributed by atoms with Crippen molar-refractivity contribution >= 4 is 23.3 Å². The van der Waals surface area contributed by atoms with Gasteiger partial charge >= 0.3 is 5.97 Å². The van der Waals surface area contributed by atoms with Crippen LogP contribution in [0.2, 0.25) is 0 Å². The lowest BCUT2D eigenvalue weighted by molar-refractivity contribution is 0.0474. The fourth-order valence-electron chi connectivity index (χ4n) is 2.66. The van der Waals surface area contributed by atoms with Crippen molar-refractivity contribution in [1.82, 2.24) is 0 Å². The van der Waals surface area contributed by atoms with Crippen molar-refractivity contribution in [2.75, 3.05) is 18.7 Å². The van der Waals surface area contributed by atoms with E-state index in [2.05, 4.69) is 5.32 Å². The second kappa shape index (κ2) is 7.89. The molecule has 146 valence electrons. The summed E-state index contributed by atoms with van der Waals surface area (Å²) >= 11 is 0. The van der Waals surface area contributed by atoms with Crippen LogP contribution in [0.4, 0.5) is 5.69 Å². The number of carbonyl (C=O) groups excluding carboxylic acids is 3. The lowest BCUT2D eigenvalue weighted by Gasteiger charge is -2.07. The van der Waals surface area contributed by atoms with Gasteiger partial charge in [-0.05, 0) is 54.6 Å². The molecular weight excluding hydrogens is 378 g/mol. The van der Waals surface area contributed by atoms with E-state index in [0.29, 0.717) is 22.7 Å². The number of rotatable bonds is 6. The van der Waals surface area contributed by atoms with Crippen LogP contribution < -0.4 is 14.8 Å².